The van der Waals surface area contributed by atoms with Crippen molar-refractivity contribution in [3.8, 4) is 0 Å². The van der Waals surface area contributed by atoms with Gasteiger partial charge in [-0.15, -0.1) is 12.4 Å². The van der Waals surface area contributed by atoms with Crippen LogP contribution in [0.4, 0.5) is 0 Å². The summed E-state index contributed by atoms with van der Waals surface area (Å²) in [7, 11) is 1.60. The molecule has 5 heteroatoms. The fraction of sp³-hybridized carbons (Fsp3) is 0.909. The molecule has 1 fully saturated rings. The molecule has 4 nitrogen and oxygen atoms in total. The molecule has 0 aromatic rings. The molecule has 1 amide bonds. The maximum atomic E-state index is 11.8. The fourth-order valence-corrected chi connectivity index (χ4v) is 1.84. The van der Waals surface area contributed by atoms with Gasteiger partial charge in [-0.05, 0) is 18.8 Å². The lowest BCUT2D eigenvalue weighted by Crippen LogP contribution is -2.40. The summed E-state index contributed by atoms with van der Waals surface area (Å²) in [5.41, 5.74) is 5.49. The average molecular weight is 251 g/mol. The molecule has 0 aromatic carbocycles. The number of ether oxygens (including phenoxy) is 1. The minimum Gasteiger partial charge on any atom is -0.380 e. The first kappa shape index (κ1) is 15.7. The van der Waals surface area contributed by atoms with E-state index >= 15 is 0 Å². The predicted octanol–water partition coefficient (Wildman–Crippen LogP) is 1.03. The third-order valence-corrected chi connectivity index (χ3v) is 3.13. The number of piperidine rings is 1. The Morgan fingerprint density at radius 1 is 1.50 bits per heavy atom. The monoisotopic (exact) mass is 250 g/mol. The highest BCUT2D eigenvalue weighted by Gasteiger charge is 2.22. The molecule has 0 aromatic heterocycles. The van der Waals surface area contributed by atoms with Gasteiger partial charge in [-0.2, -0.15) is 0 Å². The van der Waals surface area contributed by atoms with E-state index in [0.29, 0.717) is 13.0 Å². The summed E-state index contributed by atoms with van der Waals surface area (Å²) in [5, 5.41) is 0. The number of rotatable bonds is 4. The number of amides is 1. The second kappa shape index (κ2) is 7.87. The van der Waals surface area contributed by atoms with Gasteiger partial charge in [-0.25, -0.2) is 0 Å². The molecular formula is C11H23ClN2O2. The first-order valence-electron chi connectivity index (χ1n) is 5.68. The molecule has 16 heavy (non-hydrogen) atoms. The molecule has 0 aliphatic carbocycles. The second-order valence-electron chi connectivity index (χ2n) is 4.36. The summed E-state index contributed by atoms with van der Waals surface area (Å²) in [4.78, 5) is 13.8. The van der Waals surface area contributed by atoms with E-state index < -0.39 is 0 Å². The maximum absolute atomic E-state index is 11.8. The Morgan fingerprint density at radius 3 is 2.50 bits per heavy atom. The van der Waals surface area contributed by atoms with Crippen molar-refractivity contribution in [1.82, 2.24) is 4.90 Å². The SMILES string of the molecule is COC(CN)CC(=O)N1CCC(C)CC1.Cl. The van der Waals surface area contributed by atoms with E-state index in [4.69, 9.17) is 10.5 Å². The lowest BCUT2D eigenvalue weighted by molar-refractivity contribution is -0.134. The van der Waals surface area contributed by atoms with Gasteiger partial charge in [0.2, 0.25) is 5.91 Å². The number of hydrogen-bond donors (Lipinski definition) is 1. The van der Waals surface area contributed by atoms with E-state index in [0.717, 1.165) is 31.8 Å². The molecular weight excluding hydrogens is 228 g/mol. The molecule has 1 saturated heterocycles. The third kappa shape index (κ3) is 4.68. The zero-order valence-corrected chi connectivity index (χ0v) is 11.0. The van der Waals surface area contributed by atoms with Crippen molar-refractivity contribution in [2.75, 3.05) is 26.7 Å². The number of likely N-dealkylation sites (tertiary alicyclic amines) is 1. The number of methoxy groups -OCH3 is 1. The van der Waals surface area contributed by atoms with Crippen LogP contribution < -0.4 is 5.73 Å². The zero-order valence-electron chi connectivity index (χ0n) is 10.1. The van der Waals surface area contributed by atoms with Gasteiger partial charge in [0.15, 0.2) is 0 Å². The molecule has 0 saturated carbocycles. The molecule has 1 atom stereocenters. The van der Waals surface area contributed by atoms with Gasteiger partial charge in [0.1, 0.15) is 0 Å². The van der Waals surface area contributed by atoms with Gasteiger partial charge in [-0.1, -0.05) is 6.92 Å². The largest absolute Gasteiger partial charge is 0.380 e. The van der Waals surface area contributed by atoms with E-state index in [-0.39, 0.29) is 24.4 Å². The number of carbonyl (C=O) groups is 1. The van der Waals surface area contributed by atoms with Crippen LogP contribution in [0.5, 0.6) is 0 Å². The van der Waals surface area contributed by atoms with Crippen molar-refractivity contribution in [3.63, 3.8) is 0 Å². The Morgan fingerprint density at radius 2 is 2.06 bits per heavy atom. The molecule has 0 bridgehead atoms. The molecule has 1 aliphatic rings. The van der Waals surface area contributed by atoms with Crippen LogP contribution in [-0.2, 0) is 9.53 Å². The summed E-state index contributed by atoms with van der Waals surface area (Å²) in [6, 6.07) is 0. The Kier molecular flexibility index (Phi) is 7.72. The summed E-state index contributed by atoms with van der Waals surface area (Å²) < 4.78 is 5.11. The van der Waals surface area contributed by atoms with Crippen LogP contribution in [-0.4, -0.2) is 43.7 Å². The van der Waals surface area contributed by atoms with Crippen LogP contribution in [0.1, 0.15) is 26.2 Å². The maximum Gasteiger partial charge on any atom is 0.225 e. The Hall–Kier alpha value is -0.320. The number of nitrogens with two attached hydrogens (primary N) is 1. The van der Waals surface area contributed by atoms with Gasteiger partial charge >= 0.3 is 0 Å². The Bertz CT molecular complexity index is 202. The molecule has 1 heterocycles. The van der Waals surface area contributed by atoms with Crippen LogP contribution in [0.2, 0.25) is 0 Å². The van der Waals surface area contributed by atoms with E-state index in [1.54, 1.807) is 7.11 Å². The molecule has 96 valence electrons. The first-order chi connectivity index (χ1) is 7.17. The highest BCUT2D eigenvalue weighted by atomic mass is 35.5. The minimum atomic E-state index is -0.128. The highest BCUT2D eigenvalue weighted by Crippen LogP contribution is 2.17. The smallest absolute Gasteiger partial charge is 0.225 e. The zero-order chi connectivity index (χ0) is 11.3. The number of carbonyl (C=O) groups excluding carboxylic acids is 1. The standard InChI is InChI=1S/C11H22N2O2.ClH/c1-9-3-5-13(6-4-9)11(14)7-10(8-12)15-2;/h9-10H,3-8,12H2,1-2H3;1H. The molecule has 0 spiro atoms. The summed E-state index contributed by atoms with van der Waals surface area (Å²) in [6.45, 7) is 4.42. The quantitative estimate of drug-likeness (QED) is 0.811. The molecule has 1 unspecified atom stereocenters. The average Bonchev–Trinajstić information content (AvgIpc) is 2.26. The predicted molar refractivity (Wildman–Crippen MR) is 66.7 cm³/mol. The third-order valence-electron chi connectivity index (χ3n) is 3.13. The van der Waals surface area contributed by atoms with Gasteiger partial charge in [0.25, 0.3) is 0 Å². The summed E-state index contributed by atoms with van der Waals surface area (Å²) in [5.74, 6) is 0.931. The molecule has 1 rings (SSSR count). The van der Waals surface area contributed by atoms with Crippen molar-refractivity contribution < 1.29 is 9.53 Å². The van der Waals surface area contributed by atoms with Crippen molar-refractivity contribution >= 4 is 18.3 Å². The molecule has 0 radical (unpaired) electrons. The van der Waals surface area contributed by atoms with Crippen molar-refractivity contribution in [1.29, 1.82) is 0 Å². The fourth-order valence-electron chi connectivity index (χ4n) is 1.84. The van der Waals surface area contributed by atoms with Gasteiger partial charge in [0, 0.05) is 26.7 Å². The van der Waals surface area contributed by atoms with Crippen LogP contribution in [0.3, 0.4) is 0 Å². The lowest BCUT2D eigenvalue weighted by Gasteiger charge is -2.31. The highest BCUT2D eigenvalue weighted by molar-refractivity contribution is 5.85. The van der Waals surface area contributed by atoms with Crippen LogP contribution in [0.25, 0.3) is 0 Å². The first-order valence-corrected chi connectivity index (χ1v) is 5.68. The van der Waals surface area contributed by atoms with Crippen molar-refractivity contribution in [2.24, 2.45) is 11.7 Å². The normalized spacial score (nSPS) is 19.1. The number of halogens is 1. The number of nitrogens with zero attached hydrogens (tertiary/aromatic N) is 1. The van der Waals surface area contributed by atoms with Crippen molar-refractivity contribution in [2.45, 2.75) is 32.3 Å². The van der Waals surface area contributed by atoms with E-state index in [1.807, 2.05) is 4.90 Å². The molecule has 1 aliphatic heterocycles. The van der Waals surface area contributed by atoms with Gasteiger partial charge in [0.05, 0.1) is 12.5 Å². The van der Waals surface area contributed by atoms with Crippen molar-refractivity contribution in [3.05, 3.63) is 0 Å². The topological polar surface area (TPSA) is 55.6 Å². The summed E-state index contributed by atoms with van der Waals surface area (Å²) >= 11 is 0. The number of hydrogen-bond acceptors (Lipinski definition) is 3. The minimum absolute atomic E-state index is 0. The second-order valence-corrected chi connectivity index (χ2v) is 4.36. The Balaban J connectivity index is 0.00000225. The van der Waals surface area contributed by atoms with Gasteiger partial charge < -0.3 is 15.4 Å². The Labute approximate surface area is 104 Å². The van der Waals surface area contributed by atoms with Crippen LogP contribution in [0, 0.1) is 5.92 Å². The van der Waals surface area contributed by atoms with Crippen LogP contribution >= 0.6 is 12.4 Å². The molecule has 2 N–H and O–H groups in total. The van der Waals surface area contributed by atoms with E-state index in [1.165, 1.54) is 0 Å². The summed E-state index contributed by atoms with van der Waals surface area (Å²) in [6.07, 6.45) is 2.52. The van der Waals surface area contributed by atoms with Crippen LogP contribution in [0.15, 0.2) is 0 Å². The van der Waals surface area contributed by atoms with Gasteiger partial charge in [-0.3, -0.25) is 4.79 Å². The van der Waals surface area contributed by atoms with E-state index in [9.17, 15) is 4.79 Å². The van der Waals surface area contributed by atoms with E-state index in [2.05, 4.69) is 6.92 Å². The lowest BCUT2D eigenvalue weighted by atomic mass is 9.99.